The van der Waals surface area contributed by atoms with Crippen molar-refractivity contribution in [2.45, 2.75) is 59.1 Å². The van der Waals surface area contributed by atoms with Crippen LogP contribution in [0.3, 0.4) is 0 Å². The number of urea groups is 1. The van der Waals surface area contributed by atoms with Crippen LogP contribution in [0.15, 0.2) is 48.7 Å². The average molecular weight is 439 g/mol. The molecule has 0 spiro atoms. The van der Waals surface area contributed by atoms with Gasteiger partial charge in [0.15, 0.2) is 0 Å². The fourth-order valence-electron chi connectivity index (χ4n) is 4.67. The molecule has 32 heavy (non-hydrogen) atoms. The molecule has 1 aromatic heterocycles. The van der Waals surface area contributed by atoms with E-state index in [1.165, 1.54) is 5.56 Å². The Balaban J connectivity index is 1.77. The third-order valence-electron chi connectivity index (χ3n) is 7.16. The third-order valence-corrected chi connectivity index (χ3v) is 7.16. The molecule has 1 aromatic carbocycles. The van der Waals surface area contributed by atoms with Crippen LogP contribution < -0.4 is 10.6 Å². The first-order valence-electron chi connectivity index (χ1n) is 11.5. The van der Waals surface area contributed by atoms with Gasteiger partial charge in [-0.3, -0.25) is 9.88 Å². The lowest BCUT2D eigenvalue weighted by atomic mass is 9.72. The Bertz CT molecular complexity index is 896. The Morgan fingerprint density at radius 2 is 1.88 bits per heavy atom. The largest absolute Gasteiger partial charge is 0.375 e. The number of anilines is 1. The number of benzene rings is 1. The predicted octanol–water partition coefficient (Wildman–Crippen LogP) is 4.95. The number of para-hydroxylation sites is 1. The molecule has 0 bridgehead atoms. The first-order valence-corrected chi connectivity index (χ1v) is 11.5. The number of aryl methyl sites for hydroxylation is 1. The zero-order valence-electron chi connectivity index (χ0n) is 20.4. The minimum Gasteiger partial charge on any atom is -0.375 e. The summed E-state index contributed by atoms with van der Waals surface area (Å²) in [5.41, 5.74) is 2.22. The molecule has 1 aliphatic heterocycles. The van der Waals surface area contributed by atoms with Crippen LogP contribution in [-0.2, 0) is 10.3 Å². The second kappa shape index (κ2) is 9.59. The standard InChI is InChI=1S/C26H38N4O2/c1-7-32-25(5,6)26(18-28-23(31)29-22-11-9-8-10-12-22)15-16-30(19-26)24(3,4)21-14-13-20(2)27-17-21/h8-14,17H,7,15-16,18-19H2,1-6H3,(H2,28,29,31)/t26-/m0/s1. The van der Waals surface area contributed by atoms with Crippen LogP contribution in [-0.4, -0.2) is 47.8 Å². The summed E-state index contributed by atoms with van der Waals surface area (Å²) in [4.78, 5) is 19.7. The van der Waals surface area contributed by atoms with Gasteiger partial charge >= 0.3 is 6.03 Å². The number of aromatic nitrogens is 1. The summed E-state index contributed by atoms with van der Waals surface area (Å²) in [6.45, 7) is 15.8. The number of likely N-dealkylation sites (tertiary alicyclic amines) is 1. The van der Waals surface area contributed by atoms with E-state index in [-0.39, 0.29) is 17.0 Å². The summed E-state index contributed by atoms with van der Waals surface area (Å²) >= 11 is 0. The highest BCUT2D eigenvalue weighted by molar-refractivity contribution is 5.89. The Labute approximate surface area is 192 Å². The normalized spacial score (nSPS) is 19.7. The van der Waals surface area contributed by atoms with Crippen LogP contribution in [0.1, 0.15) is 52.3 Å². The number of rotatable bonds is 8. The van der Waals surface area contributed by atoms with E-state index >= 15 is 0 Å². The van der Waals surface area contributed by atoms with E-state index in [4.69, 9.17) is 4.74 Å². The number of carbonyl (C=O) groups excluding carboxylic acids is 1. The number of ether oxygens (including phenoxy) is 1. The molecule has 0 radical (unpaired) electrons. The lowest BCUT2D eigenvalue weighted by Crippen LogP contribution is -2.55. The highest BCUT2D eigenvalue weighted by atomic mass is 16.5. The SMILES string of the molecule is CCOC(C)(C)[C@]1(CNC(=O)Nc2ccccc2)CCN(C(C)(C)c2ccc(C)nc2)C1. The molecule has 1 saturated heterocycles. The van der Waals surface area contributed by atoms with Crippen LogP contribution in [0.4, 0.5) is 10.5 Å². The van der Waals surface area contributed by atoms with Gasteiger partial charge in [0.05, 0.1) is 5.60 Å². The van der Waals surface area contributed by atoms with E-state index in [1.54, 1.807) is 0 Å². The minimum absolute atomic E-state index is 0.170. The molecular formula is C26H38N4O2. The van der Waals surface area contributed by atoms with Crippen molar-refractivity contribution in [2.75, 3.05) is 31.6 Å². The average Bonchev–Trinajstić information content (AvgIpc) is 3.21. The van der Waals surface area contributed by atoms with Crippen molar-refractivity contribution in [1.82, 2.24) is 15.2 Å². The van der Waals surface area contributed by atoms with E-state index in [0.717, 1.165) is 30.9 Å². The molecule has 1 aliphatic rings. The lowest BCUT2D eigenvalue weighted by Gasteiger charge is -2.45. The molecule has 0 saturated carbocycles. The van der Waals surface area contributed by atoms with Crippen LogP contribution in [0.2, 0.25) is 0 Å². The second-order valence-electron chi connectivity index (χ2n) is 9.82. The van der Waals surface area contributed by atoms with Crippen molar-refractivity contribution in [3.63, 3.8) is 0 Å². The molecule has 1 fully saturated rings. The molecule has 0 aliphatic carbocycles. The molecule has 3 rings (SSSR count). The summed E-state index contributed by atoms with van der Waals surface area (Å²) in [5.74, 6) is 0. The van der Waals surface area contributed by atoms with Gasteiger partial charge in [-0.2, -0.15) is 0 Å². The molecule has 174 valence electrons. The first-order chi connectivity index (χ1) is 15.1. The Kier molecular flexibility index (Phi) is 7.25. The van der Waals surface area contributed by atoms with Crippen molar-refractivity contribution < 1.29 is 9.53 Å². The maximum absolute atomic E-state index is 12.6. The number of carbonyl (C=O) groups is 1. The maximum Gasteiger partial charge on any atom is 0.319 e. The van der Waals surface area contributed by atoms with Gasteiger partial charge in [-0.1, -0.05) is 24.3 Å². The molecule has 6 nitrogen and oxygen atoms in total. The van der Waals surface area contributed by atoms with Gasteiger partial charge in [-0.05, 0) is 78.3 Å². The van der Waals surface area contributed by atoms with E-state index in [0.29, 0.717) is 13.2 Å². The summed E-state index contributed by atoms with van der Waals surface area (Å²) in [6.07, 6.45) is 2.92. The summed E-state index contributed by atoms with van der Waals surface area (Å²) in [6, 6.07) is 13.6. The second-order valence-corrected chi connectivity index (χ2v) is 9.82. The molecule has 2 amide bonds. The smallest absolute Gasteiger partial charge is 0.319 e. The zero-order chi connectivity index (χ0) is 23.4. The lowest BCUT2D eigenvalue weighted by molar-refractivity contribution is -0.104. The van der Waals surface area contributed by atoms with Gasteiger partial charge in [0.1, 0.15) is 0 Å². The molecular weight excluding hydrogens is 400 g/mol. The van der Waals surface area contributed by atoms with Crippen molar-refractivity contribution in [3.05, 3.63) is 59.9 Å². The fraction of sp³-hybridized carbons (Fsp3) is 0.538. The van der Waals surface area contributed by atoms with Gasteiger partial charge in [-0.15, -0.1) is 0 Å². The number of nitrogens with zero attached hydrogens (tertiary/aromatic N) is 2. The minimum atomic E-state index is -0.391. The van der Waals surface area contributed by atoms with Crippen LogP contribution in [0.25, 0.3) is 0 Å². The zero-order valence-corrected chi connectivity index (χ0v) is 20.4. The van der Waals surface area contributed by atoms with E-state index < -0.39 is 5.60 Å². The molecule has 2 N–H and O–H groups in total. The predicted molar refractivity (Wildman–Crippen MR) is 130 cm³/mol. The van der Waals surface area contributed by atoms with Gasteiger partial charge in [0, 0.05) is 48.2 Å². The topological polar surface area (TPSA) is 66.5 Å². The monoisotopic (exact) mass is 438 g/mol. The molecule has 1 atom stereocenters. The Morgan fingerprint density at radius 1 is 1.16 bits per heavy atom. The Hall–Kier alpha value is -2.44. The molecule has 2 heterocycles. The Morgan fingerprint density at radius 3 is 2.50 bits per heavy atom. The van der Waals surface area contributed by atoms with E-state index in [1.807, 2.05) is 50.4 Å². The van der Waals surface area contributed by atoms with Gasteiger partial charge in [0.2, 0.25) is 0 Å². The maximum atomic E-state index is 12.6. The number of pyridine rings is 1. The molecule has 2 aromatic rings. The number of hydrogen-bond acceptors (Lipinski definition) is 4. The molecule has 0 unspecified atom stereocenters. The van der Waals surface area contributed by atoms with Crippen LogP contribution in [0.5, 0.6) is 0 Å². The number of hydrogen-bond donors (Lipinski definition) is 2. The first kappa shape index (κ1) is 24.2. The van der Waals surface area contributed by atoms with Gasteiger partial charge in [0.25, 0.3) is 0 Å². The van der Waals surface area contributed by atoms with Gasteiger partial charge < -0.3 is 15.4 Å². The van der Waals surface area contributed by atoms with E-state index in [2.05, 4.69) is 60.3 Å². The summed E-state index contributed by atoms with van der Waals surface area (Å²) in [5, 5.41) is 6.05. The highest BCUT2D eigenvalue weighted by Gasteiger charge is 2.52. The van der Waals surface area contributed by atoms with Crippen LogP contribution >= 0.6 is 0 Å². The van der Waals surface area contributed by atoms with Gasteiger partial charge in [-0.25, -0.2) is 4.79 Å². The third kappa shape index (κ3) is 5.13. The summed E-state index contributed by atoms with van der Waals surface area (Å²) < 4.78 is 6.24. The fourth-order valence-corrected chi connectivity index (χ4v) is 4.67. The quantitative estimate of drug-likeness (QED) is 0.612. The molecule has 6 heteroatoms. The van der Waals surface area contributed by atoms with Crippen LogP contribution in [0, 0.1) is 12.3 Å². The van der Waals surface area contributed by atoms with E-state index in [9.17, 15) is 4.79 Å². The number of nitrogens with one attached hydrogen (secondary N) is 2. The van der Waals surface area contributed by atoms with Crippen molar-refractivity contribution in [2.24, 2.45) is 5.41 Å². The van der Waals surface area contributed by atoms with Crippen molar-refractivity contribution >= 4 is 11.7 Å². The summed E-state index contributed by atoms with van der Waals surface area (Å²) in [7, 11) is 0. The number of amides is 2. The highest BCUT2D eigenvalue weighted by Crippen LogP contribution is 2.46. The van der Waals surface area contributed by atoms with Crippen molar-refractivity contribution in [3.8, 4) is 0 Å². The van der Waals surface area contributed by atoms with Crippen molar-refractivity contribution in [1.29, 1.82) is 0 Å².